The standard InChI is InChI=1S/C15H10FN3/c16-12-6-4-11(5-7-12)9-13-14(10-17)19-8-2-1-3-15(19)18-13/h1-8H,9H2. The molecule has 0 saturated carbocycles. The number of imidazole rings is 1. The number of benzene rings is 1. The van der Waals surface area contributed by atoms with E-state index in [0.29, 0.717) is 17.8 Å². The molecule has 0 radical (unpaired) electrons. The van der Waals surface area contributed by atoms with Gasteiger partial charge in [0.05, 0.1) is 5.69 Å². The monoisotopic (exact) mass is 251 g/mol. The summed E-state index contributed by atoms with van der Waals surface area (Å²) in [6.45, 7) is 0. The van der Waals surface area contributed by atoms with Gasteiger partial charge in [-0.3, -0.25) is 4.40 Å². The van der Waals surface area contributed by atoms with Crippen molar-refractivity contribution in [3.8, 4) is 6.07 Å². The molecule has 19 heavy (non-hydrogen) atoms. The van der Waals surface area contributed by atoms with E-state index in [-0.39, 0.29) is 5.82 Å². The summed E-state index contributed by atoms with van der Waals surface area (Å²) in [6.07, 6.45) is 2.33. The van der Waals surface area contributed by atoms with Gasteiger partial charge in [-0.2, -0.15) is 5.26 Å². The van der Waals surface area contributed by atoms with Crippen molar-refractivity contribution in [3.05, 3.63) is 71.4 Å². The van der Waals surface area contributed by atoms with E-state index in [4.69, 9.17) is 0 Å². The highest BCUT2D eigenvalue weighted by molar-refractivity contribution is 5.48. The number of halogens is 1. The molecule has 0 spiro atoms. The van der Waals surface area contributed by atoms with Crippen LogP contribution in [-0.2, 0) is 6.42 Å². The summed E-state index contributed by atoms with van der Waals surface area (Å²) < 4.78 is 14.6. The number of hydrogen-bond donors (Lipinski definition) is 0. The first-order valence-corrected chi connectivity index (χ1v) is 5.88. The second-order valence-corrected chi connectivity index (χ2v) is 4.25. The topological polar surface area (TPSA) is 41.1 Å². The molecular weight excluding hydrogens is 241 g/mol. The number of hydrogen-bond acceptors (Lipinski definition) is 2. The van der Waals surface area contributed by atoms with Gasteiger partial charge in [0.2, 0.25) is 0 Å². The Balaban J connectivity index is 2.05. The van der Waals surface area contributed by atoms with E-state index < -0.39 is 0 Å². The summed E-state index contributed by atoms with van der Waals surface area (Å²) >= 11 is 0. The van der Waals surface area contributed by atoms with Crippen molar-refractivity contribution in [2.24, 2.45) is 0 Å². The molecule has 0 unspecified atom stereocenters. The lowest BCUT2D eigenvalue weighted by molar-refractivity contribution is 0.627. The zero-order valence-corrected chi connectivity index (χ0v) is 10.0. The SMILES string of the molecule is N#Cc1c(Cc2ccc(F)cc2)nc2ccccn12. The maximum atomic E-state index is 12.9. The van der Waals surface area contributed by atoms with Gasteiger partial charge in [-0.1, -0.05) is 18.2 Å². The van der Waals surface area contributed by atoms with Crippen molar-refractivity contribution in [1.29, 1.82) is 5.26 Å². The fourth-order valence-corrected chi connectivity index (χ4v) is 2.08. The van der Waals surface area contributed by atoms with Gasteiger partial charge in [0, 0.05) is 12.6 Å². The average molecular weight is 251 g/mol. The van der Waals surface area contributed by atoms with E-state index in [0.717, 1.165) is 11.2 Å². The minimum atomic E-state index is -0.265. The van der Waals surface area contributed by atoms with Crippen molar-refractivity contribution in [2.45, 2.75) is 6.42 Å². The van der Waals surface area contributed by atoms with Crippen LogP contribution in [0, 0.1) is 17.1 Å². The molecule has 1 aromatic carbocycles. The van der Waals surface area contributed by atoms with E-state index in [1.54, 1.807) is 16.5 Å². The van der Waals surface area contributed by atoms with Crippen LogP contribution in [0.3, 0.4) is 0 Å². The molecule has 0 atom stereocenters. The van der Waals surface area contributed by atoms with Crippen molar-refractivity contribution in [3.63, 3.8) is 0 Å². The molecule has 2 heterocycles. The van der Waals surface area contributed by atoms with Gasteiger partial charge < -0.3 is 0 Å². The van der Waals surface area contributed by atoms with E-state index >= 15 is 0 Å². The Morgan fingerprint density at radius 3 is 2.68 bits per heavy atom. The van der Waals surface area contributed by atoms with Gasteiger partial charge in [-0.25, -0.2) is 9.37 Å². The van der Waals surface area contributed by atoms with Gasteiger partial charge in [0.15, 0.2) is 0 Å². The zero-order chi connectivity index (χ0) is 13.2. The van der Waals surface area contributed by atoms with Gasteiger partial charge in [0.1, 0.15) is 23.2 Å². The van der Waals surface area contributed by atoms with E-state index in [1.165, 1.54) is 12.1 Å². The van der Waals surface area contributed by atoms with Gasteiger partial charge in [-0.15, -0.1) is 0 Å². The lowest BCUT2D eigenvalue weighted by Crippen LogP contribution is -1.93. The summed E-state index contributed by atoms with van der Waals surface area (Å²) in [4.78, 5) is 4.45. The molecular formula is C15H10FN3. The Bertz CT molecular complexity index is 766. The average Bonchev–Trinajstić information content (AvgIpc) is 2.78. The summed E-state index contributed by atoms with van der Waals surface area (Å²) in [5.74, 6) is -0.265. The smallest absolute Gasteiger partial charge is 0.148 e. The van der Waals surface area contributed by atoms with Gasteiger partial charge in [0.25, 0.3) is 0 Å². The number of fused-ring (bicyclic) bond motifs is 1. The number of nitrogens with zero attached hydrogens (tertiary/aromatic N) is 3. The normalized spacial score (nSPS) is 10.5. The van der Waals surface area contributed by atoms with E-state index in [1.807, 2.05) is 24.4 Å². The summed E-state index contributed by atoms with van der Waals surface area (Å²) in [5, 5.41) is 9.26. The molecule has 3 aromatic rings. The molecule has 3 nitrogen and oxygen atoms in total. The van der Waals surface area contributed by atoms with Crippen LogP contribution in [0.4, 0.5) is 4.39 Å². The molecule has 0 aliphatic heterocycles. The first kappa shape index (κ1) is 11.4. The fourth-order valence-electron chi connectivity index (χ4n) is 2.08. The van der Waals surface area contributed by atoms with Crippen LogP contribution in [0.15, 0.2) is 48.7 Å². The molecule has 0 aliphatic carbocycles. The number of rotatable bonds is 2. The summed E-state index contributed by atoms with van der Waals surface area (Å²) in [7, 11) is 0. The van der Waals surface area contributed by atoms with Crippen molar-refractivity contribution in [1.82, 2.24) is 9.38 Å². The number of nitriles is 1. The lowest BCUT2D eigenvalue weighted by atomic mass is 10.1. The van der Waals surface area contributed by atoms with Gasteiger partial charge >= 0.3 is 0 Å². The van der Waals surface area contributed by atoms with Gasteiger partial charge in [-0.05, 0) is 29.8 Å². The maximum Gasteiger partial charge on any atom is 0.148 e. The van der Waals surface area contributed by atoms with Crippen LogP contribution < -0.4 is 0 Å². The Morgan fingerprint density at radius 2 is 1.95 bits per heavy atom. The highest BCUT2D eigenvalue weighted by Gasteiger charge is 2.11. The van der Waals surface area contributed by atoms with Crippen molar-refractivity contribution >= 4 is 5.65 Å². The third-order valence-corrected chi connectivity index (χ3v) is 2.99. The van der Waals surface area contributed by atoms with Crippen LogP contribution >= 0.6 is 0 Å². The quantitative estimate of drug-likeness (QED) is 0.702. The molecule has 0 fully saturated rings. The van der Waals surface area contributed by atoms with Crippen LogP contribution in [0.1, 0.15) is 17.0 Å². The van der Waals surface area contributed by atoms with Crippen LogP contribution in [0.2, 0.25) is 0 Å². The lowest BCUT2D eigenvalue weighted by Gasteiger charge is -1.98. The van der Waals surface area contributed by atoms with Crippen LogP contribution in [-0.4, -0.2) is 9.38 Å². The largest absolute Gasteiger partial charge is 0.291 e. The molecule has 2 aromatic heterocycles. The van der Waals surface area contributed by atoms with Crippen LogP contribution in [0.25, 0.3) is 5.65 Å². The Morgan fingerprint density at radius 1 is 1.16 bits per heavy atom. The first-order chi connectivity index (χ1) is 9.28. The van der Waals surface area contributed by atoms with Crippen LogP contribution in [0.5, 0.6) is 0 Å². The molecule has 92 valence electrons. The highest BCUT2D eigenvalue weighted by Crippen LogP contribution is 2.16. The molecule has 0 saturated heterocycles. The van der Waals surface area contributed by atoms with E-state index in [9.17, 15) is 9.65 Å². The highest BCUT2D eigenvalue weighted by atomic mass is 19.1. The van der Waals surface area contributed by atoms with E-state index in [2.05, 4.69) is 11.1 Å². The molecule has 0 bridgehead atoms. The Hall–Kier alpha value is -2.67. The third-order valence-electron chi connectivity index (χ3n) is 2.99. The molecule has 0 aliphatic rings. The Kier molecular flexibility index (Phi) is 2.73. The van der Waals surface area contributed by atoms with Crippen molar-refractivity contribution < 1.29 is 4.39 Å². The second kappa shape index (κ2) is 4.54. The van der Waals surface area contributed by atoms with Crippen molar-refractivity contribution in [2.75, 3.05) is 0 Å². The molecule has 4 heteroatoms. The predicted octanol–water partition coefficient (Wildman–Crippen LogP) is 2.94. The zero-order valence-electron chi connectivity index (χ0n) is 10.0. The Labute approximate surface area is 109 Å². The maximum absolute atomic E-state index is 12.9. The minimum absolute atomic E-state index is 0.265. The first-order valence-electron chi connectivity index (χ1n) is 5.88. The number of pyridine rings is 1. The predicted molar refractivity (Wildman–Crippen MR) is 69.1 cm³/mol. The third kappa shape index (κ3) is 2.06. The number of aromatic nitrogens is 2. The summed E-state index contributed by atoms with van der Waals surface area (Å²) in [5.41, 5.74) is 2.91. The summed E-state index contributed by atoms with van der Waals surface area (Å²) in [6, 6.07) is 14.0. The second-order valence-electron chi connectivity index (χ2n) is 4.25. The molecule has 0 amide bonds. The molecule has 0 N–H and O–H groups in total. The minimum Gasteiger partial charge on any atom is -0.291 e. The molecule has 3 rings (SSSR count). The fraction of sp³-hybridized carbons (Fsp3) is 0.0667.